The molecule has 1 unspecified atom stereocenters. The van der Waals surface area contributed by atoms with Crippen LogP contribution in [0.3, 0.4) is 0 Å². The average Bonchev–Trinajstić information content (AvgIpc) is 3.61. The lowest BCUT2D eigenvalue weighted by molar-refractivity contribution is -0.151. The third-order valence-electron chi connectivity index (χ3n) is 8.87. The van der Waals surface area contributed by atoms with Gasteiger partial charge in [-0.25, -0.2) is 13.8 Å². The number of ether oxygens (including phenoxy) is 2. The van der Waals surface area contributed by atoms with E-state index in [4.69, 9.17) is 14.5 Å². The highest BCUT2D eigenvalue weighted by molar-refractivity contribution is 8.22. The van der Waals surface area contributed by atoms with Crippen LogP contribution in [0.15, 0.2) is 41.6 Å². The predicted octanol–water partition coefficient (Wildman–Crippen LogP) is 6.16. The van der Waals surface area contributed by atoms with Crippen LogP contribution < -0.4 is 4.74 Å². The summed E-state index contributed by atoms with van der Waals surface area (Å²) in [6.45, 7) is 9.31. The van der Waals surface area contributed by atoms with E-state index in [0.717, 1.165) is 24.0 Å². The van der Waals surface area contributed by atoms with Crippen molar-refractivity contribution in [2.75, 3.05) is 13.7 Å². The highest BCUT2D eigenvalue weighted by Gasteiger charge is 2.53. The molecule has 0 aromatic carbocycles. The molecule has 1 saturated carbocycles. The molecule has 0 radical (unpaired) electrons. The first kappa shape index (κ1) is 31.3. The lowest BCUT2D eigenvalue weighted by Gasteiger charge is -2.41. The van der Waals surface area contributed by atoms with Crippen LogP contribution in [-0.2, 0) is 16.1 Å². The molecule has 2 N–H and O–H groups in total. The molecular weight excluding hydrogens is 606 g/mol. The Labute approximate surface area is 261 Å². The normalized spacial score (nSPS) is 18.7. The molecule has 1 aliphatic carbocycles. The SMILES string of the molecule is COC(=O)C(C)(C)C(c1ccc(C)c(CN2CC3(CC3)Oc3ncc(C)cc3S2(O)O)n1)c1ccn2c(C(F)F)nnc2c1C. The van der Waals surface area contributed by atoms with Crippen molar-refractivity contribution in [2.24, 2.45) is 5.41 Å². The monoisotopic (exact) mass is 642 g/mol. The van der Waals surface area contributed by atoms with Gasteiger partial charge in [0.2, 0.25) is 11.7 Å². The van der Waals surface area contributed by atoms with Gasteiger partial charge in [-0.3, -0.25) is 23.3 Å². The van der Waals surface area contributed by atoms with E-state index < -0.39 is 45.9 Å². The molecule has 0 bridgehead atoms. The van der Waals surface area contributed by atoms with Crippen molar-refractivity contribution in [3.8, 4) is 5.88 Å². The molecule has 1 atom stereocenters. The highest BCUT2D eigenvalue weighted by atomic mass is 32.3. The van der Waals surface area contributed by atoms with E-state index >= 15 is 0 Å². The van der Waals surface area contributed by atoms with E-state index in [0.29, 0.717) is 22.5 Å². The maximum Gasteiger partial charge on any atom is 0.312 e. The van der Waals surface area contributed by atoms with E-state index in [2.05, 4.69) is 15.2 Å². The van der Waals surface area contributed by atoms with Crippen molar-refractivity contribution in [1.82, 2.24) is 28.9 Å². The number of methoxy groups -OCH3 is 1. The number of hydrogen-bond donors (Lipinski definition) is 2. The molecule has 1 spiro atoms. The minimum Gasteiger partial charge on any atom is -0.469 e. The quantitative estimate of drug-likeness (QED) is 0.226. The van der Waals surface area contributed by atoms with Gasteiger partial charge in [0.05, 0.1) is 31.3 Å². The molecule has 2 aliphatic rings. The van der Waals surface area contributed by atoms with Gasteiger partial charge in [0.25, 0.3) is 6.43 Å². The maximum atomic E-state index is 13.6. The number of rotatable bonds is 7. The topological polar surface area (TPSA) is 135 Å². The van der Waals surface area contributed by atoms with Gasteiger partial charge >= 0.3 is 5.97 Å². The first-order valence-corrected chi connectivity index (χ1v) is 16.0. The first-order chi connectivity index (χ1) is 21.2. The fourth-order valence-electron chi connectivity index (χ4n) is 6.09. The zero-order chi connectivity index (χ0) is 32.5. The summed E-state index contributed by atoms with van der Waals surface area (Å²) in [5, 5.41) is 7.70. The Morgan fingerprint density at radius 2 is 1.91 bits per heavy atom. The summed E-state index contributed by atoms with van der Waals surface area (Å²) in [5.74, 6) is -1.41. The van der Waals surface area contributed by atoms with Crippen LogP contribution in [0, 0.1) is 26.2 Å². The van der Waals surface area contributed by atoms with Gasteiger partial charge < -0.3 is 9.47 Å². The number of nitrogens with zero attached hydrogens (tertiary/aromatic N) is 6. The summed E-state index contributed by atoms with van der Waals surface area (Å²) in [4.78, 5) is 22.9. The summed E-state index contributed by atoms with van der Waals surface area (Å²) in [7, 11) is -2.19. The Morgan fingerprint density at radius 3 is 2.58 bits per heavy atom. The van der Waals surface area contributed by atoms with Crippen LogP contribution in [-0.4, -0.2) is 63.2 Å². The summed E-state index contributed by atoms with van der Waals surface area (Å²) < 4.78 is 64.8. The summed E-state index contributed by atoms with van der Waals surface area (Å²) in [6, 6.07) is 7.08. The predicted molar refractivity (Wildman–Crippen MR) is 162 cm³/mol. The molecule has 1 fully saturated rings. The number of hydrogen-bond acceptors (Lipinski definition) is 10. The Morgan fingerprint density at radius 1 is 1.18 bits per heavy atom. The Balaban J connectivity index is 1.45. The zero-order valence-corrected chi connectivity index (χ0v) is 26.7. The minimum atomic E-state index is -3.50. The molecule has 45 heavy (non-hydrogen) atoms. The first-order valence-electron chi connectivity index (χ1n) is 14.5. The molecule has 14 heteroatoms. The second-order valence-electron chi connectivity index (χ2n) is 12.5. The molecule has 0 amide bonds. The number of aromatic nitrogens is 5. The van der Waals surface area contributed by atoms with Crippen LogP contribution in [0.1, 0.15) is 78.5 Å². The summed E-state index contributed by atoms with van der Waals surface area (Å²) in [6.07, 6.45) is 1.82. The maximum absolute atomic E-state index is 13.6. The number of aryl methyl sites for hydroxylation is 3. The lowest BCUT2D eigenvalue weighted by Crippen LogP contribution is -2.37. The third-order valence-corrected chi connectivity index (χ3v) is 10.7. The van der Waals surface area contributed by atoms with Gasteiger partial charge in [0, 0.05) is 24.0 Å². The van der Waals surface area contributed by atoms with E-state index in [9.17, 15) is 22.7 Å². The van der Waals surface area contributed by atoms with Gasteiger partial charge in [0.15, 0.2) is 5.65 Å². The van der Waals surface area contributed by atoms with Crippen LogP contribution in [0.4, 0.5) is 8.78 Å². The summed E-state index contributed by atoms with van der Waals surface area (Å²) >= 11 is 0. The number of halogens is 2. The number of carbonyl (C=O) groups excluding carboxylic acids is 1. The molecule has 6 rings (SSSR count). The van der Waals surface area contributed by atoms with Crippen molar-refractivity contribution in [3.63, 3.8) is 0 Å². The highest BCUT2D eigenvalue weighted by Crippen LogP contribution is 2.61. The standard InChI is InChI=1S/C31H36F2N6O5S/c1-17-13-23-28(34-14-17)44-31(10-11-31)16-38(45(23,41)42)15-22-18(2)7-8-21(35-22)24(30(4,5)29(40)43-6)20-9-12-39-26(19(20)3)36-37-27(39)25(32)33/h7-9,12-14,24-25,41-42H,10-11,15-16H2,1-6H3. The van der Waals surface area contributed by atoms with Gasteiger partial charge in [-0.2, -0.15) is 4.31 Å². The fraction of sp³-hybridized carbons (Fsp3) is 0.452. The summed E-state index contributed by atoms with van der Waals surface area (Å²) in [5.41, 5.74) is 2.43. The van der Waals surface area contributed by atoms with E-state index in [1.165, 1.54) is 17.7 Å². The molecule has 4 aromatic heterocycles. The van der Waals surface area contributed by atoms with E-state index in [1.807, 2.05) is 26.0 Å². The number of carbonyl (C=O) groups is 1. The van der Waals surface area contributed by atoms with Crippen molar-refractivity contribution in [1.29, 1.82) is 0 Å². The van der Waals surface area contributed by atoms with Gasteiger partial charge in [0.1, 0.15) is 10.5 Å². The lowest BCUT2D eigenvalue weighted by atomic mass is 9.72. The van der Waals surface area contributed by atoms with Crippen LogP contribution in [0.5, 0.6) is 5.88 Å². The third kappa shape index (κ3) is 5.33. The smallest absolute Gasteiger partial charge is 0.312 e. The van der Waals surface area contributed by atoms with E-state index in [-0.39, 0.29) is 29.5 Å². The van der Waals surface area contributed by atoms with Crippen molar-refractivity contribution in [3.05, 3.63) is 76.1 Å². The Kier molecular flexibility index (Phi) is 7.62. The van der Waals surface area contributed by atoms with Crippen LogP contribution in [0.2, 0.25) is 0 Å². The Bertz CT molecular complexity index is 1810. The minimum absolute atomic E-state index is 0.0891. The molecule has 5 heterocycles. The van der Waals surface area contributed by atoms with Crippen LogP contribution in [0.25, 0.3) is 5.65 Å². The average molecular weight is 643 g/mol. The second-order valence-corrected chi connectivity index (χ2v) is 14.5. The molecule has 0 saturated heterocycles. The van der Waals surface area contributed by atoms with Crippen molar-refractivity contribution in [2.45, 2.75) is 76.8 Å². The van der Waals surface area contributed by atoms with Crippen LogP contribution >= 0.6 is 10.8 Å². The van der Waals surface area contributed by atoms with Gasteiger partial charge in [-0.1, -0.05) is 6.07 Å². The van der Waals surface area contributed by atoms with E-state index in [1.54, 1.807) is 43.4 Å². The second kappa shape index (κ2) is 11.0. The van der Waals surface area contributed by atoms with Gasteiger partial charge in [-0.05, 0) is 87.9 Å². The van der Waals surface area contributed by atoms with Crippen molar-refractivity contribution >= 4 is 22.4 Å². The molecule has 240 valence electrons. The Hall–Kier alpha value is -3.72. The zero-order valence-electron chi connectivity index (χ0n) is 25.9. The molecule has 11 nitrogen and oxygen atoms in total. The number of esters is 1. The van der Waals surface area contributed by atoms with Gasteiger partial charge in [-0.15, -0.1) is 21.0 Å². The molecule has 4 aromatic rings. The molecule has 1 aliphatic heterocycles. The largest absolute Gasteiger partial charge is 0.469 e. The number of alkyl halides is 2. The number of pyridine rings is 3. The molecular formula is C31H36F2N6O5S. The van der Waals surface area contributed by atoms with Crippen molar-refractivity contribution < 1.29 is 32.2 Å². The fourth-order valence-corrected chi connectivity index (χ4v) is 7.76. The number of fused-ring (bicyclic) bond motifs is 2.